The van der Waals surface area contributed by atoms with Gasteiger partial charge in [-0.2, -0.15) is 0 Å². The SMILES string of the molecule is CCOc1ccc(N(CC(=O)Nc2ccccc2C(=O)NCC(C)C)S(=O)(=O)c2ccc(C)cc2)cc1. The van der Waals surface area contributed by atoms with Crippen LogP contribution in [0.2, 0.25) is 0 Å². The second kappa shape index (κ2) is 12.4. The van der Waals surface area contributed by atoms with Gasteiger partial charge < -0.3 is 15.4 Å². The fraction of sp³-hybridized carbons (Fsp3) is 0.286. The summed E-state index contributed by atoms with van der Waals surface area (Å²) < 4.78 is 33.7. The van der Waals surface area contributed by atoms with Gasteiger partial charge in [-0.1, -0.05) is 43.7 Å². The summed E-state index contributed by atoms with van der Waals surface area (Å²) in [4.78, 5) is 25.9. The Morgan fingerprint density at radius 1 is 0.946 bits per heavy atom. The van der Waals surface area contributed by atoms with Crippen LogP contribution in [0.25, 0.3) is 0 Å². The van der Waals surface area contributed by atoms with E-state index in [1.807, 2.05) is 27.7 Å². The van der Waals surface area contributed by atoms with Crippen molar-refractivity contribution in [1.82, 2.24) is 5.32 Å². The first-order valence-corrected chi connectivity index (χ1v) is 13.5. The summed E-state index contributed by atoms with van der Waals surface area (Å²) in [6, 6.07) is 19.5. The molecule has 9 heteroatoms. The Labute approximate surface area is 218 Å². The van der Waals surface area contributed by atoms with E-state index in [1.165, 1.54) is 12.1 Å². The maximum Gasteiger partial charge on any atom is 0.264 e. The molecule has 2 N–H and O–H groups in total. The average Bonchev–Trinajstić information content (AvgIpc) is 2.87. The Balaban J connectivity index is 1.90. The molecule has 0 spiro atoms. The molecule has 0 unspecified atom stereocenters. The van der Waals surface area contributed by atoms with Crippen molar-refractivity contribution in [1.29, 1.82) is 0 Å². The highest BCUT2D eigenvalue weighted by atomic mass is 32.2. The molecule has 0 aromatic heterocycles. The van der Waals surface area contributed by atoms with E-state index in [1.54, 1.807) is 60.7 Å². The molecule has 37 heavy (non-hydrogen) atoms. The molecule has 0 atom stereocenters. The van der Waals surface area contributed by atoms with Crippen LogP contribution in [0.1, 0.15) is 36.7 Å². The van der Waals surface area contributed by atoms with Crippen molar-refractivity contribution in [2.45, 2.75) is 32.6 Å². The van der Waals surface area contributed by atoms with Crippen LogP contribution in [0, 0.1) is 12.8 Å². The van der Waals surface area contributed by atoms with E-state index in [0.717, 1.165) is 9.87 Å². The molecule has 0 aliphatic heterocycles. The molecule has 0 saturated heterocycles. The van der Waals surface area contributed by atoms with Crippen molar-refractivity contribution >= 4 is 33.2 Å². The number of amides is 2. The number of aryl methyl sites for hydroxylation is 1. The van der Waals surface area contributed by atoms with Crippen molar-refractivity contribution < 1.29 is 22.7 Å². The van der Waals surface area contributed by atoms with Crippen molar-refractivity contribution in [2.75, 3.05) is 29.3 Å². The summed E-state index contributed by atoms with van der Waals surface area (Å²) in [5.41, 5.74) is 1.82. The van der Waals surface area contributed by atoms with E-state index in [4.69, 9.17) is 4.74 Å². The first kappa shape index (κ1) is 27.7. The second-order valence-electron chi connectivity index (χ2n) is 8.95. The molecule has 0 radical (unpaired) electrons. The van der Waals surface area contributed by atoms with E-state index >= 15 is 0 Å². The van der Waals surface area contributed by atoms with E-state index in [9.17, 15) is 18.0 Å². The minimum absolute atomic E-state index is 0.0632. The quantitative estimate of drug-likeness (QED) is 0.382. The van der Waals surface area contributed by atoms with E-state index < -0.39 is 22.5 Å². The van der Waals surface area contributed by atoms with Crippen molar-refractivity contribution in [2.24, 2.45) is 5.92 Å². The normalized spacial score (nSPS) is 11.2. The number of hydrogen-bond acceptors (Lipinski definition) is 5. The first-order valence-electron chi connectivity index (χ1n) is 12.1. The predicted molar refractivity (Wildman–Crippen MR) is 146 cm³/mol. The third-order valence-electron chi connectivity index (χ3n) is 5.45. The maximum absolute atomic E-state index is 13.6. The number of para-hydroxylation sites is 1. The van der Waals surface area contributed by atoms with Crippen LogP contribution in [0.5, 0.6) is 5.75 Å². The third kappa shape index (κ3) is 7.33. The highest BCUT2D eigenvalue weighted by molar-refractivity contribution is 7.92. The predicted octanol–water partition coefficient (Wildman–Crippen LogP) is 4.61. The summed E-state index contributed by atoms with van der Waals surface area (Å²) in [6.45, 7) is 8.15. The lowest BCUT2D eigenvalue weighted by molar-refractivity contribution is -0.114. The lowest BCUT2D eigenvalue weighted by atomic mass is 10.1. The van der Waals surface area contributed by atoms with Gasteiger partial charge in [0.1, 0.15) is 12.3 Å². The van der Waals surface area contributed by atoms with Gasteiger partial charge in [0.25, 0.3) is 15.9 Å². The Bertz CT molecular complexity index is 1320. The van der Waals surface area contributed by atoms with E-state index in [-0.39, 0.29) is 16.7 Å². The van der Waals surface area contributed by atoms with E-state index in [2.05, 4.69) is 10.6 Å². The number of ether oxygens (including phenoxy) is 1. The molecule has 3 rings (SSSR count). The van der Waals surface area contributed by atoms with Crippen LogP contribution in [-0.2, 0) is 14.8 Å². The van der Waals surface area contributed by atoms with Crippen molar-refractivity contribution in [3.63, 3.8) is 0 Å². The average molecular weight is 524 g/mol. The number of carbonyl (C=O) groups excluding carboxylic acids is 2. The lowest BCUT2D eigenvalue weighted by Crippen LogP contribution is -2.38. The molecule has 0 saturated carbocycles. The number of nitrogens with zero attached hydrogens (tertiary/aromatic N) is 1. The summed E-state index contributed by atoms with van der Waals surface area (Å²) in [5.74, 6) is -0.0565. The van der Waals surface area contributed by atoms with Gasteiger partial charge in [0.2, 0.25) is 5.91 Å². The van der Waals surface area contributed by atoms with Gasteiger partial charge in [-0.3, -0.25) is 13.9 Å². The number of anilines is 2. The van der Waals surface area contributed by atoms with Crippen molar-refractivity contribution in [3.8, 4) is 5.75 Å². The molecular weight excluding hydrogens is 490 g/mol. The molecule has 196 valence electrons. The van der Waals surface area contributed by atoms with Crippen LogP contribution in [0.4, 0.5) is 11.4 Å². The first-order chi connectivity index (χ1) is 17.6. The number of nitrogens with one attached hydrogen (secondary N) is 2. The Morgan fingerprint density at radius 2 is 1.59 bits per heavy atom. The zero-order valence-corrected chi connectivity index (χ0v) is 22.3. The molecule has 0 aliphatic rings. The van der Waals surface area contributed by atoms with Crippen LogP contribution in [0.3, 0.4) is 0 Å². The standard InChI is InChI=1S/C28H33N3O5S/c1-5-36-23-14-12-22(13-15-23)31(37(34,35)24-16-10-21(4)11-17-24)19-27(32)30-26-9-7-6-8-25(26)28(33)29-18-20(2)3/h6-17,20H,5,18-19H2,1-4H3,(H,29,33)(H,30,32). The van der Waals surface area contributed by atoms with Gasteiger partial charge >= 0.3 is 0 Å². The Kier molecular flexibility index (Phi) is 9.30. The van der Waals surface area contributed by atoms with Gasteiger partial charge in [0, 0.05) is 6.54 Å². The zero-order valence-electron chi connectivity index (χ0n) is 21.5. The fourth-order valence-electron chi connectivity index (χ4n) is 3.53. The van der Waals surface area contributed by atoms with Crippen LogP contribution < -0.4 is 19.7 Å². The molecule has 0 aliphatic carbocycles. The fourth-order valence-corrected chi connectivity index (χ4v) is 4.95. The molecule has 0 heterocycles. The summed E-state index contributed by atoms with van der Waals surface area (Å²) in [7, 11) is -4.08. The monoisotopic (exact) mass is 523 g/mol. The number of hydrogen-bond donors (Lipinski definition) is 2. The molecule has 3 aromatic rings. The number of benzene rings is 3. The summed E-state index contributed by atoms with van der Waals surface area (Å²) in [5, 5.41) is 5.55. The molecule has 8 nitrogen and oxygen atoms in total. The highest BCUT2D eigenvalue weighted by Crippen LogP contribution is 2.26. The van der Waals surface area contributed by atoms with Crippen LogP contribution in [0.15, 0.2) is 77.7 Å². The van der Waals surface area contributed by atoms with Crippen LogP contribution in [-0.4, -0.2) is 39.9 Å². The molecule has 2 amide bonds. The minimum atomic E-state index is -4.08. The van der Waals surface area contributed by atoms with Gasteiger partial charge in [-0.05, 0) is 68.3 Å². The molecular formula is C28H33N3O5S. The van der Waals surface area contributed by atoms with E-state index in [0.29, 0.717) is 35.8 Å². The molecule has 0 fully saturated rings. The topological polar surface area (TPSA) is 105 Å². The van der Waals surface area contributed by atoms with Gasteiger partial charge in [-0.25, -0.2) is 8.42 Å². The zero-order chi connectivity index (χ0) is 27.0. The summed E-state index contributed by atoms with van der Waals surface area (Å²) >= 11 is 0. The van der Waals surface area contributed by atoms with Crippen molar-refractivity contribution in [3.05, 3.63) is 83.9 Å². The van der Waals surface area contributed by atoms with Crippen LogP contribution >= 0.6 is 0 Å². The van der Waals surface area contributed by atoms with Gasteiger partial charge in [0.15, 0.2) is 0 Å². The largest absolute Gasteiger partial charge is 0.494 e. The Hall–Kier alpha value is -3.85. The molecule has 3 aromatic carbocycles. The third-order valence-corrected chi connectivity index (χ3v) is 7.24. The molecule has 0 bridgehead atoms. The smallest absolute Gasteiger partial charge is 0.264 e. The second-order valence-corrected chi connectivity index (χ2v) is 10.8. The summed E-state index contributed by atoms with van der Waals surface area (Å²) in [6.07, 6.45) is 0. The Morgan fingerprint density at radius 3 is 2.22 bits per heavy atom. The lowest BCUT2D eigenvalue weighted by Gasteiger charge is -2.24. The van der Waals surface area contributed by atoms with Gasteiger partial charge in [0.05, 0.1) is 28.4 Å². The maximum atomic E-state index is 13.6. The number of rotatable bonds is 11. The number of carbonyl (C=O) groups is 2. The highest BCUT2D eigenvalue weighted by Gasteiger charge is 2.28. The minimum Gasteiger partial charge on any atom is -0.494 e. The van der Waals surface area contributed by atoms with Gasteiger partial charge in [-0.15, -0.1) is 0 Å². The number of sulfonamides is 1.